The summed E-state index contributed by atoms with van der Waals surface area (Å²) < 4.78 is 0. The zero-order valence-corrected chi connectivity index (χ0v) is 11.6. The molecule has 0 atom stereocenters. The number of unbranched alkanes of at least 4 members (excludes halogenated alkanes) is 1. The molecule has 1 saturated heterocycles. The smallest absolute Gasteiger partial charge is 0.342 e. The quantitative estimate of drug-likeness (QED) is 0.579. The van der Waals surface area contributed by atoms with E-state index in [0.29, 0.717) is 5.82 Å². The molecule has 2 heterocycles. The van der Waals surface area contributed by atoms with Crippen molar-refractivity contribution in [1.82, 2.24) is 20.1 Å². The van der Waals surface area contributed by atoms with Crippen molar-refractivity contribution in [2.45, 2.75) is 19.3 Å². The van der Waals surface area contributed by atoms with Crippen molar-refractivity contribution < 1.29 is 0 Å². The molecule has 1 aromatic rings. The molecule has 0 aliphatic carbocycles. The summed E-state index contributed by atoms with van der Waals surface area (Å²) in [6.45, 7) is 5.20. The summed E-state index contributed by atoms with van der Waals surface area (Å²) in [6, 6.07) is 0. The van der Waals surface area contributed by atoms with Crippen LogP contribution in [0.1, 0.15) is 19.3 Å². The third-order valence-corrected chi connectivity index (χ3v) is 3.51. The van der Waals surface area contributed by atoms with Gasteiger partial charge in [-0.15, -0.1) is 5.10 Å². The number of aromatic nitrogens is 3. The summed E-state index contributed by atoms with van der Waals surface area (Å²) in [5, 5.41) is 6.13. The summed E-state index contributed by atoms with van der Waals surface area (Å²) in [6.07, 6.45) is 3.12. The van der Waals surface area contributed by atoms with Crippen LogP contribution >= 0.6 is 0 Å². The maximum absolute atomic E-state index is 11.7. The van der Waals surface area contributed by atoms with Gasteiger partial charge in [-0.25, -0.2) is 9.89 Å². The molecule has 2 rings (SSSR count). The van der Waals surface area contributed by atoms with Crippen LogP contribution < -0.4 is 21.9 Å². The minimum absolute atomic E-state index is 0.299. The van der Waals surface area contributed by atoms with Gasteiger partial charge in [-0.3, -0.25) is 9.78 Å². The van der Waals surface area contributed by atoms with Crippen molar-refractivity contribution in [1.29, 1.82) is 0 Å². The maximum atomic E-state index is 11.7. The van der Waals surface area contributed by atoms with E-state index in [1.54, 1.807) is 0 Å². The molecule has 0 saturated carbocycles. The van der Waals surface area contributed by atoms with E-state index in [-0.39, 0.29) is 0 Å². The summed E-state index contributed by atoms with van der Waals surface area (Å²) in [5.41, 5.74) is 4.50. The number of H-pyrrole nitrogens is 2. The van der Waals surface area contributed by atoms with Gasteiger partial charge in [0.2, 0.25) is 5.82 Å². The summed E-state index contributed by atoms with van der Waals surface area (Å²) in [4.78, 5) is 29.2. The molecule has 0 radical (unpaired) electrons. The standard InChI is InChI=1S/C12H22N6O2/c13-4-1-2-5-17-6-3-7-18(9-8-17)10-11(19)14-12(20)16-15-10/h1-9,13H2,(H2,14,16,19,20). The first-order chi connectivity index (χ1) is 9.70. The van der Waals surface area contributed by atoms with Crippen molar-refractivity contribution in [3.63, 3.8) is 0 Å². The Bertz CT molecular complexity index is 525. The normalized spacial score (nSPS) is 17.1. The lowest BCUT2D eigenvalue weighted by Gasteiger charge is -2.21. The van der Waals surface area contributed by atoms with Gasteiger partial charge < -0.3 is 15.5 Å². The number of nitrogens with one attached hydrogen (secondary N) is 2. The molecule has 0 bridgehead atoms. The van der Waals surface area contributed by atoms with Crippen LogP contribution in [0.4, 0.5) is 5.82 Å². The molecule has 1 fully saturated rings. The summed E-state index contributed by atoms with van der Waals surface area (Å²) in [5.74, 6) is 0.299. The van der Waals surface area contributed by atoms with Crippen molar-refractivity contribution >= 4 is 5.82 Å². The molecule has 0 unspecified atom stereocenters. The number of anilines is 1. The van der Waals surface area contributed by atoms with Crippen LogP contribution in [0.2, 0.25) is 0 Å². The SMILES string of the molecule is NCCCCN1CCCN(c2n[nH]c(=O)[nH]c2=O)CC1. The third kappa shape index (κ3) is 3.91. The average molecular weight is 282 g/mol. The van der Waals surface area contributed by atoms with Gasteiger partial charge in [-0.1, -0.05) is 0 Å². The van der Waals surface area contributed by atoms with Crippen LogP contribution in [0.25, 0.3) is 0 Å². The first kappa shape index (κ1) is 14.7. The fourth-order valence-corrected chi connectivity index (χ4v) is 2.44. The summed E-state index contributed by atoms with van der Waals surface area (Å²) in [7, 11) is 0. The number of nitrogens with two attached hydrogens (primary N) is 1. The Morgan fingerprint density at radius 1 is 1.15 bits per heavy atom. The molecule has 1 aliphatic heterocycles. The van der Waals surface area contributed by atoms with Gasteiger partial charge in [0.25, 0.3) is 5.56 Å². The van der Waals surface area contributed by atoms with Crippen LogP contribution in [0.15, 0.2) is 9.59 Å². The van der Waals surface area contributed by atoms with Crippen LogP contribution in [-0.2, 0) is 0 Å². The van der Waals surface area contributed by atoms with E-state index in [2.05, 4.69) is 20.1 Å². The lowest BCUT2D eigenvalue weighted by molar-refractivity contribution is 0.288. The molecule has 112 valence electrons. The Labute approximate surface area is 117 Å². The number of hydrogen-bond donors (Lipinski definition) is 3. The van der Waals surface area contributed by atoms with Gasteiger partial charge in [-0.2, -0.15) is 0 Å². The van der Waals surface area contributed by atoms with E-state index in [1.165, 1.54) is 0 Å². The second kappa shape index (κ2) is 7.20. The molecule has 0 spiro atoms. The molecule has 0 amide bonds. The molecule has 1 aliphatic rings. The van der Waals surface area contributed by atoms with E-state index in [4.69, 9.17) is 5.73 Å². The topological polar surface area (TPSA) is 111 Å². The maximum Gasteiger partial charge on any atom is 0.342 e. The van der Waals surface area contributed by atoms with E-state index in [0.717, 1.165) is 58.5 Å². The lowest BCUT2D eigenvalue weighted by Crippen LogP contribution is -2.37. The fourth-order valence-electron chi connectivity index (χ4n) is 2.44. The zero-order valence-electron chi connectivity index (χ0n) is 11.6. The highest BCUT2D eigenvalue weighted by Crippen LogP contribution is 2.08. The second-order valence-electron chi connectivity index (χ2n) is 5.01. The average Bonchev–Trinajstić information content (AvgIpc) is 2.65. The first-order valence-corrected chi connectivity index (χ1v) is 7.07. The highest BCUT2D eigenvalue weighted by atomic mass is 16.2. The minimum Gasteiger partial charge on any atom is -0.349 e. The Kier molecular flexibility index (Phi) is 5.31. The number of aromatic amines is 2. The van der Waals surface area contributed by atoms with Gasteiger partial charge in [0.15, 0.2) is 0 Å². The van der Waals surface area contributed by atoms with Crippen molar-refractivity contribution in [3.05, 3.63) is 20.8 Å². The van der Waals surface area contributed by atoms with Gasteiger partial charge in [-0.05, 0) is 38.9 Å². The van der Waals surface area contributed by atoms with Gasteiger partial charge in [0.1, 0.15) is 0 Å². The van der Waals surface area contributed by atoms with E-state index >= 15 is 0 Å². The monoisotopic (exact) mass is 282 g/mol. The molecule has 4 N–H and O–H groups in total. The third-order valence-electron chi connectivity index (χ3n) is 3.51. The van der Waals surface area contributed by atoms with Crippen LogP contribution in [0.3, 0.4) is 0 Å². The Hall–Kier alpha value is -1.67. The van der Waals surface area contributed by atoms with Gasteiger partial charge in [0.05, 0.1) is 0 Å². The molecule has 1 aromatic heterocycles. The molecular formula is C12H22N6O2. The Morgan fingerprint density at radius 3 is 2.75 bits per heavy atom. The summed E-state index contributed by atoms with van der Waals surface area (Å²) >= 11 is 0. The largest absolute Gasteiger partial charge is 0.349 e. The van der Waals surface area contributed by atoms with E-state index < -0.39 is 11.2 Å². The van der Waals surface area contributed by atoms with Crippen molar-refractivity contribution in [2.75, 3.05) is 44.2 Å². The van der Waals surface area contributed by atoms with Crippen molar-refractivity contribution in [2.24, 2.45) is 5.73 Å². The Balaban J connectivity index is 1.95. The molecule has 8 nitrogen and oxygen atoms in total. The zero-order chi connectivity index (χ0) is 14.4. The lowest BCUT2D eigenvalue weighted by atomic mass is 10.3. The van der Waals surface area contributed by atoms with Gasteiger partial charge >= 0.3 is 5.69 Å². The number of nitrogens with zero attached hydrogens (tertiary/aromatic N) is 3. The first-order valence-electron chi connectivity index (χ1n) is 7.07. The van der Waals surface area contributed by atoms with Gasteiger partial charge in [0, 0.05) is 19.6 Å². The highest BCUT2D eigenvalue weighted by Gasteiger charge is 2.18. The fraction of sp³-hybridized carbons (Fsp3) is 0.750. The van der Waals surface area contributed by atoms with Crippen LogP contribution in [0, 0.1) is 0 Å². The molecular weight excluding hydrogens is 260 g/mol. The molecule has 20 heavy (non-hydrogen) atoms. The Morgan fingerprint density at radius 2 is 2.00 bits per heavy atom. The highest BCUT2D eigenvalue weighted by molar-refractivity contribution is 5.34. The van der Waals surface area contributed by atoms with Crippen LogP contribution in [-0.4, -0.2) is 59.3 Å². The molecule has 8 heteroatoms. The predicted octanol–water partition coefficient (Wildman–Crippen LogP) is -1.29. The van der Waals surface area contributed by atoms with Crippen molar-refractivity contribution in [3.8, 4) is 0 Å². The van der Waals surface area contributed by atoms with E-state index in [9.17, 15) is 9.59 Å². The predicted molar refractivity (Wildman–Crippen MR) is 77.0 cm³/mol. The molecule has 0 aromatic carbocycles. The second-order valence-corrected chi connectivity index (χ2v) is 5.01. The minimum atomic E-state index is -0.572. The number of hydrogen-bond acceptors (Lipinski definition) is 6. The van der Waals surface area contributed by atoms with E-state index in [1.807, 2.05) is 4.90 Å². The van der Waals surface area contributed by atoms with Crippen LogP contribution in [0.5, 0.6) is 0 Å². The number of rotatable bonds is 5.